The van der Waals surface area contributed by atoms with Crippen molar-refractivity contribution in [3.8, 4) is 0 Å². The second kappa shape index (κ2) is 9.02. The van der Waals surface area contributed by atoms with Gasteiger partial charge < -0.3 is 26.8 Å². The predicted octanol–water partition coefficient (Wildman–Crippen LogP) is 0.423. The van der Waals surface area contributed by atoms with E-state index in [0.29, 0.717) is 37.2 Å². The Hall–Kier alpha value is -3.10. The zero-order valence-corrected chi connectivity index (χ0v) is 15.2. The third-order valence-corrected chi connectivity index (χ3v) is 4.50. The zero-order chi connectivity index (χ0) is 20.0. The Morgan fingerprint density at radius 1 is 1.22 bits per heavy atom. The molecule has 0 saturated carbocycles. The molecule has 0 radical (unpaired) electrons. The molecule has 146 valence electrons. The summed E-state index contributed by atoms with van der Waals surface area (Å²) in [6.07, 6.45) is 1.44. The van der Waals surface area contributed by atoms with E-state index in [2.05, 4.69) is 10.3 Å². The minimum Gasteiger partial charge on any atom is -0.481 e. The second-order valence-electron chi connectivity index (χ2n) is 6.65. The van der Waals surface area contributed by atoms with Crippen molar-refractivity contribution in [2.24, 2.45) is 22.4 Å². The molecule has 1 aromatic rings. The van der Waals surface area contributed by atoms with E-state index < -0.39 is 12.0 Å². The fourth-order valence-corrected chi connectivity index (χ4v) is 3.06. The molecule has 9 nitrogen and oxygen atoms in total. The lowest BCUT2D eigenvalue weighted by molar-refractivity contribution is -0.139. The van der Waals surface area contributed by atoms with Gasteiger partial charge >= 0.3 is 5.97 Å². The topological polar surface area (TPSA) is 151 Å². The number of hydrogen-bond donors (Lipinski definition) is 4. The highest BCUT2D eigenvalue weighted by Gasteiger charge is 2.27. The zero-order valence-electron chi connectivity index (χ0n) is 15.2. The van der Waals surface area contributed by atoms with Crippen LogP contribution in [0.1, 0.15) is 36.5 Å². The fraction of sp³-hybridized carbons (Fsp3) is 0.444. The number of guanidine groups is 1. The quantitative estimate of drug-likeness (QED) is 0.418. The Balaban J connectivity index is 1.88. The van der Waals surface area contributed by atoms with E-state index in [9.17, 15) is 14.4 Å². The average molecular weight is 375 g/mol. The standard InChI is InChI=1S/C18H25N5O4/c1-11(17(27)23-8-6-12(7-9-23)10-15(24)25)21-16(26)13-2-4-14(5-3-13)22-18(19)20/h2-5,11-12H,6-10H2,1H3,(H,21,26)(H,24,25)(H4,19,20,22)/t11-/m0/s1. The molecule has 1 fully saturated rings. The van der Waals surface area contributed by atoms with E-state index in [4.69, 9.17) is 16.6 Å². The van der Waals surface area contributed by atoms with Gasteiger partial charge in [-0.3, -0.25) is 14.4 Å². The summed E-state index contributed by atoms with van der Waals surface area (Å²) >= 11 is 0. The summed E-state index contributed by atoms with van der Waals surface area (Å²) in [5, 5.41) is 11.5. The molecule has 1 atom stereocenters. The van der Waals surface area contributed by atoms with E-state index in [1.54, 1.807) is 36.1 Å². The number of rotatable bonds is 6. The van der Waals surface area contributed by atoms with Crippen molar-refractivity contribution < 1.29 is 19.5 Å². The molecule has 1 aliphatic heterocycles. The highest BCUT2D eigenvalue weighted by atomic mass is 16.4. The first-order chi connectivity index (χ1) is 12.8. The summed E-state index contributed by atoms with van der Waals surface area (Å²) in [7, 11) is 0. The number of carboxylic acid groups (broad SMARTS) is 1. The van der Waals surface area contributed by atoms with Crippen molar-refractivity contribution in [2.45, 2.75) is 32.2 Å². The molecule has 9 heteroatoms. The number of nitrogens with two attached hydrogens (primary N) is 2. The number of aliphatic carboxylic acids is 1. The number of benzene rings is 1. The third-order valence-electron chi connectivity index (χ3n) is 4.50. The molecule has 0 spiro atoms. The summed E-state index contributed by atoms with van der Waals surface area (Å²) in [6, 6.07) is 5.69. The number of aliphatic imine (C=N–C) groups is 1. The minimum absolute atomic E-state index is 0.0708. The van der Waals surface area contributed by atoms with Crippen LogP contribution in [-0.4, -0.2) is 52.9 Å². The van der Waals surface area contributed by atoms with Crippen molar-refractivity contribution in [3.05, 3.63) is 29.8 Å². The van der Waals surface area contributed by atoms with Crippen molar-refractivity contribution in [3.63, 3.8) is 0 Å². The van der Waals surface area contributed by atoms with Crippen molar-refractivity contribution in [2.75, 3.05) is 13.1 Å². The van der Waals surface area contributed by atoms with Gasteiger partial charge in [-0.25, -0.2) is 4.99 Å². The molecule has 0 aliphatic carbocycles. The lowest BCUT2D eigenvalue weighted by Crippen LogP contribution is -2.49. The molecule has 1 aliphatic rings. The molecule has 0 aromatic heterocycles. The minimum atomic E-state index is -0.814. The highest BCUT2D eigenvalue weighted by molar-refractivity contribution is 5.97. The van der Waals surface area contributed by atoms with E-state index >= 15 is 0 Å². The van der Waals surface area contributed by atoms with E-state index in [-0.39, 0.29) is 30.1 Å². The Bertz CT molecular complexity index is 720. The molecule has 1 aromatic carbocycles. The van der Waals surface area contributed by atoms with E-state index in [1.807, 2.05) is 0 Å². The number of carboxylic acids is 1. The largest absolute Gasteiger partial charge is 0.481 e. The van der Waals surface area contributed by atoms with Gasteiger partial charge in [0.1, 0.15) is 6.04 Å². The molecule has 1 heterocycles. The normalized spacial score (nSPS) is 15.7. The lowest BCUT2D eigenvalue weighted by Gasteiger charge is -2.33. The van der Waals surface area contributed by atoms with Gasteiger partial charge in [0.25, 0.3) is 5.91 Å². The van der Waals surface area contributed by atoms with Crippen LogP contribution in [-0.2, 0) is 9.59 Å². The molecule has 2 amide bonds. The monoisotopic (exact) mass is 375 g/mol. The third kappa shape index (κ3) is 5.98. The van der Waals surface area contributed by atoms with E-state index in [1.165, 1.54) is 0 Å². The molecule has 0 unspecified atom stereocenters. The first-order valence-electron chi connectivity index (χ1n) is 8.77. The van der Waals surface area contributed by atoms with Gasteiger partial charge in [0.2, 0.25) is 5.91 Å². The Morgan fingerprint density at radius 2 is 1.81 bits per heavy atom. The van der Waals surface area contributed by atoms with Crippen LogP contribution in [0.15, 0.2) is 29.3 Å². The number of nitrogens with one attached hydrogen (secondary N) is 1. The van der Waals surface area contributed by atoms with Crippen molar-refractivity contribution >= 4 is 29.4 Å². The van der Waals surface area contributed by atoms with Crippen LogP contribution < -0.4 is 16.8 Å². The number of hydrogen-bond acceptors (Lipinski definition) is 4. The summed E-state index contributed by atoms with van der Waals surface area (Å²) < 4.78 is 0. The predicted molar refractivity (Wildman–Crippen MR) is 100 cm³/mol. The molecule has 1 saturated heterocycles. The van der Waals surface area contributed by atoms with E-state index in [0.717, 1.165) is 0 Å². The van der Waals surface area contributed by atoms with Gasteiger partial charge in [-0.05, 0) is 49.9 Å². The number of nitrogens with zero attached hydrogens (tertiary/aromatic N) is 2. The highest BCUT2D eigenvalue weighted by Crippen LogP contribution is 2.21. The van der Waals surface area contributed by atoms with Crippen LogP contribution in [0.3, 0.4) is 0 Å². The summed E-state index contributed by atoms with van der Waals surface area (Å²) in [6.45, 7) is 2.64. The number of amides is 2. The SMILES string of the molecule is C[C@H](NC(=O)c1ccc(N=C(N)N)cc1)C(=O)N1CCC(CC(=O)O)CC1. The Morgan fingerprint density at radius 3 is 2.33 bits per heavy atom. The van der Waals surface area contributed by atoms with Crippen LogP contribution in [0, 0.1) is 5.92 Å². The first-order valence-corrected chi connectivity index (χ1v) is 8.77. The van der Waals surface area contributed by atoms with Gasteiger partial charge in [-0.15, -0.1) is 0 Å². The van der Waals surface area contributed by atoms with Crippen LogP contribution in [0.5, 0.6) is 0 Å². The van der Waals surface area contributed by atoms with Crippen LogP contribution in [0.4, 0.5) is 5.69 Å². The molecule has 2 rings (SSSR count). The van der Waals surface area contributed by atoms with Gasteiger partial charge in [-0.1, -0.05) is 0 Å². The summed E-state index contributed by atoms with van der Waals surface area (Å²) in [5.74, 6) is -1.33. The maximum absolute atomic E-state index is 12.5. The van der Waals surface area contributed by atoms with Crippen molar-refractivity contribution in [1.29, 1.82) is 0 Å². The van der Waals surface area contributed by atoms with Crippen LogP contribution >= 0.6 is 0 Å². The second-order valence-corrected chi connectivity index (χ2v) is 6.65. The summed E-state index contributed by atoms with van der Waals surface area (Å²) in [4.78, 5) is 41.2. The van der Waals surface area contributed by atoms with Crippen LogP contribution in [0.2, 0.25) is 0 Å². The van der Waals surface area contributed by atoms with Gasteiger partial charge in [-0.2, -0.15) is 0 Å². The first kappa shape index (κ1) is 20.2. The Labute approximate surface area is 157 Å². The maximum Gasteiger partial charge on any atom is 0.303 e. The Kier molecular flexibility index (Phi) is 6.75. The van der Waals surface area contributed by atoms with Gasteiger partial charge in [0, 0.05) is 25.1 Å². The van der Waals surface area contributed by atoms with Gasteiger partial charge in [0.05, 0.1) is 5.69 Å². The molecular formula is C18H25N5O4. The molecule has 27 heavy (non-hydrogen) atoms. The number of likely N-dealkylation sites (tertiary alicyclic amines) is 1. The fourth-order valence-electron chi connectivity index (χ4n) is 3.06. The van der Waals surface area contributed by atoms with Gasteiger partial charge in [0.15, 0.2) is 5.96 Å². The molecular weight excluding hydrogens is 350 g/mol. The molecule has 6 N–H and O–H groups in total. The molecule has 0 bridgehead atoms. The van der Waals surface area contributed by atoms with Crippen LogP contribution in [0.25, 0.3) is 0 Å². The summed E-state index contributed by atoms with van der Waals surface area (Å²) in [5.41, 5.74) is 11.5. The number of carbonyl (C=O) groups excluding carboxylic acids is 2. The lowest BCUT2D eigenvalue weighted by atomic mass is 9.93. The average Bonchev–Trinajstić information content (AvgIpc) is 2.61. The number of carbonyl (C=O) groups is 3. The van der Waals surface area contributed by atoms with Crippen molar-refractivity contribution in [1.82, 2.24) is 10.2 Å². The smallest absolute Gasteiger partial charge is 0.303 e. The maximum atomic E-state index is 12.5. The number of piperidine rings is 1.